The van der Waals surface area contributed by atoms with Crippen LogP contribution in [0, 0.1) is 6.92 Å². The van der Waals surface area contributed by atoms with Crippen molar-refractivity contribution in [3.8, 4) is 11.5 Å². The van der Waals surface area contributed by atoms with E-state index in [-0.39, 0.29) is 22.2 Å². The van der Waals surface area contributed by atoms with Crippen molar-refractivity contribution >= 4 is 38.9 Å². The molecule has 0 unspecified atom stereocenters. The van der Waals surface area contributed by atoms with Crippen molar-refractivity contribution in [2.75, 3.05) is 35.7 Å². The largest absolute Gasteiger partial charge is 0.497 e. The molecule has 0 saturated carbocycles. The number of ether oxygens (including phenoxy) is 2. The van der Waals surface area contributed by atoms with Gasteiger partial charge >= 0.3 is 0 Å². The standard InChI is InChI=1S/C25H27N3O6S/c1-17-8-11-22(12-9-17)35(31,32)28(23-15-21(33-3)10-13-24(23)34-4)16-25(30)27-20-7-5-6-19(14-20)26-18(2)29/h5-15H,16H2,1-4H3,(H,26,29)(H,27,30). The molecule has 10 heteroatoms. The van der Waals surface area contributed by atoms with Gasteiger partial charge in [0.1, 0.15) is 18.0 Å². The molecule has 9 nitrogen and oxygen atoms in total. The lowest BCUT2D eigenvalue weighted by atomic mass is 10.2. The van der Waals surface area contributed by atoms with Crippen molar-refractivity contribution in [3.63, 3.8) is 0 Å². The number of carbonyl (C=O) groups excluding carboxylic acids is 2. The van der Waals surface area contributed by atoms with E-state index >= 15 is 0 Å². The molecule has 0 aliphatic heterocycles. The van der Waals surface area contributed by atoms with Gasteiger partial charge in [-0.15, -0.1) is 0 Å². The van der Waals surface area contributed by atoms with Crippen molar-refractivity contribution in [3.05, 3.63) is 72.3 Å². The minimum atomic E-state index is -4.16. The number of sulfonamides is 1. The van der Waals surface area contributed by atoms with Crippen molar-refractivity contribution < 1.29 is 27.5 Å². The van der Waals surface area contributed by atoms with Gasteiger partial charge < -0.3 is 20.1 Å². The Kier molecular flexibility index (Phi) is 7.98. The van der Waals surface area contributed by atoms with E-state index in [1.165, 1.54) is 39.3 Å². The highest BCUT2D eigenvalue weighted by Gasteiger charge is 2.30. The minimum Gasteiger partial charge on any atom is -0.497 e. The molecule has 0 fully saturated rings. The molecule has 0 aliphatic carbocycles. The number of aryl methyl sites for hydroxylation is 1. The molecular weight excluding hydrogens is 470 g/mol. The first-order chi connectivity index (χ1) is 16.6. The number of hydrogen-bond acceptors (Lipinski definition) is 6. The highest BCUT2D eigenvalue weighted by atomic mass is 32.2. The molecule has 0 aliphatic rings. The molecule has 3 rings (SSSR count). The van der Waals surface area contributed by atoms with E-state index < -0.39 is 22.5 Å². The van der Waals surface area contributed by atoms with Crippen LogP contribution in [0.5, 0.6) is 11.5 Å². The van der Waals surface area contributed by atoms with E-state index in [0.29, 0.717) is 17.1 Å². The summed E-state index contributed by atoms with van der Waals surface area (Å²) in [4.78, 5) is 24.4. The molecule has 0 heterocycles. The number of amides is 2. The Hall–Kier alpha value is -4.05. The first-order valence-corrected chi connectivity index (χ1v) is 12.1. The van der Waals surface area contributed by atoms with Crippen molar-refractivity contribution in [1.82, 2.24) is 0 Å². The third-order valence-corrected chi connectivity index (χ3v) is 6.79. The van der Waals surface area contributed by atoms with Gasteiger partial charge in [-0.3, -0.25) is 13.9 Å². The summed E-state index contributed by atoms with van der Waals surface area (Å²) in [6.45, 7) is 2.69. The van der Waals surface area contributed by atoms with Crippen LogP contribution in [0.1, 0.15) is 12.5 Å². The van der Waals surface area contributed by atoms with E-state index in [0.717, 1.165) is 9.87 Å². The number of nitrogens with one attached hydrogen (secondary N) is 2. The van der Waals surface area contributed by atoms with E-state index in [1.807, 2.05) is 6.92 Å². The van der Waals surface area contributed by atoms with Crippen molar-refractivity contribution in [1.29, 1.82) is 0 Å². The fourth-order valence-electron chi connectivity index (χ4n) is 3.34. The van der Waals surface area contributed by atoms with E-state index in [2.05, 4.69) is 10.6 Å². The number of benzene rings is 3. The van der Waals surface area contributed by atoms with Crippen LogP contribution in [0.3, 0.4) is 0 Å². The second-order valence-electron chi connectivity index (χ2n) is 7.67. The predicted octanol–water partition coefficient (Wildman–Crippen LogP) is 3.80. The van der Waals surface area contributed by atoms with Gasteiger partial charge in [-0.05, 0) is 49.4 Å². The first kappa shape index (κ1) is 25.6. The second-order valence-corrected chi connectivity index (χ2v) is 9.53. The molecule has 0 bridgehead atoms. The summed E-state index contributed by atoms with van der Waals surface area (Å²) in [5.74, 6) is -0.199. The van der Waals surface area contributed by atoms with Gasteiger partial charge in [0.15, 0.2) is 0 Å². The van der Waals surface area contributed by atoms with Gasteiger partial charge in [0.2, 0.25) is 11.8 Å². The third-order valence-electron chi connectivity index (χ3n) is 5.02. The number of nitrogens with zero attached hydrogens (tertiary/aromatic N) is 1. The van der Waals surface area contributed by atoms with Crippen molar-refractivity contribution in [2.24, 2.45) is 0 Å². The fourth-order valence-corrected chi connectivity index (χ4v) is 4.76. The summed E-state index contributed by atoms with van der Waals surface area (Å²) < 4.78 is 39.0. The van der Waals surface area contributed by atoms with Gasteiger partial charge in [0, 0.05) is 24.4 Å². The van der Waals surface area contributed by atoms with E-state index in [1.54, 1.807) is 48.5 Å². The maximum atomic E-state index is 13.7. The summed E-state index contributed by atoms with van der Waals surface area (Å²) in [5.41, 5.74) is 1.93. The lowest BCUT2D eigenvalue weighted by Crippen LogP contribution is -2.38. The van der Waals surface area contributed by atoms with Crippen LogP contribution in [0.15, 0.2) is 71.6 Å². The molecule has 0 saturated heterocycles. The van der Waals surface area contributed by atoms with Crippen LogP contribution in [0.2, 0.25) is 0 Å². The lowest BCUT2D eigenvalue weighted by Gasteiger charge is -2.26. The number of hydrogen-bond donors (Lipinski definition) is 2. The predicted molar refractivity (Wildman–Crippen MR) is 135 cm³/mol. The summed E-state index contributed by atoms with van der Waals surface area (Å²) in [6.07, 6.45) is 0. The molecular formula is C25H27N3O6S. The van der Waals surface area contributed by atoms with E-state index in [4.69, 9.17) is 9.47 Å². The monoisotopic (exact) mass is 497 g/mol. The summed E-state index contributed by atoms with van der Waals surface area (Å²) in [7, 11) is -1.29. The van der Waals surface area contributed by atoms with Gasteiger partial charge in [-0.1, -0.05) is 23.8 Å². The van der Waals surface area contributed by atoms with Gasteiger partial charge in [0.05, 0.1) is 24.8 Å². The number of anilines is 3. The topological polar surface area (TPSA) is 114 Å². The highest BCUT2D eigenvalue weighted by Crippen LogP contribution is 2.35. The number of methoxy groups -OCH3 is 2. The number of carbonyl (C=O) groups is 2. The van der Waals surface area contributed by atoms with Gasteiger partial charge in [0.25, 0.3) is 10.0 Å². The SMILES string of the molecule is COc1ccc(OC)c(N(CC(=O)Nc2cccc(NC(C)=O)c2)S(=O)(=O)c2ccc(C)cc2)c1. The van der Waals surface area contributed by atoms with Crippen LogP contribution < -0.4 is 24.4 Å². The highest BCUT2D eigenvalue weighted by molar-refractivity contribution is 7.92. The zero-order valence-electron chi connectivity index (χ0n) is 19.9. The zero-order chi connectivity index (χ0) is 25.6. The molecule has 35 heavy (non-hydrogen) atoms. The molecule has 2 amide bonds. The Morgan fingerprint density at radius 2 is 1.54 bits per heavy atom. The average molecular weight is 498 g/mol. The molecule has 2 N–H and O–H groups in total. The normalized spacial score (nSPS) is 10.9. The Balaban J connectivity index is 2.00. The van der Waals surface area contributed by atoms with Crippen LogP contribution in [-0.2, 0) is 19.6 Å². The lowest BCUT2D eigenvalue weighted by molar-refractivity contribution is -0.115. The summed E-state index contributed by atoms with van der Waals surface area (Å²) in [5, 5.41) is 5.32. The second kappa shape index (κ2) is 10.9. The van der Waals surface area contributed by atoms with Crippen LogP contribution in [0.25, 0.3) is 0 Å². The average Bonchev–Trinajstić information content (AvgIpc) is 2.82. The molecule has 3 aromatic carbocycles. The smallest absolute Gasteiger partial charge is 0.264 e. The molecule has 184 valence electrons. The Morgan fingerprint density at radius 3 is 2.14 bits per heavy atom. The molecule has 0 aromatic heterocycles. The molecule has 0 spiro atoms. The Bertz CT molecular complexity index is 1320. The summed E-state index contributed by atoms with van der Waals surface area (Å²) in [6, 6.07) is 17.6. The maximum absolute atomic E-state index is 13.7. The van der Waals surface area contributed by atoms with E-state index in [9.17, 15) is 18.0 Å². The minimum absolute atomic E-state index is 0.0217. The van der Waals surface area contributed by atoms with Crippen LogP contribution >= 0.6 is 0 Å². The Labute approximate surface area is 204 Å². The van der Waals surface area contributed by atoms with Crippen LogP contribution in [0.4, 0.5) is 17.1 Å². The number of rotatable bonds is 9. The van der Waals surface area contributed by atoms with Crippen LogP contribution in [-0.4, -0.2) is 41.0 Å². The quantitative estimate of drug-likeness (QED) is 0.465. The van der Waals surface area contributed by atoms with Gasteiger partial charge in [-0.25, -0.2) is 8.42 Å². The Morgan fingerprint density at radius 1 is 0.886 bits per heavy atom. The van der Waals surface area contributed by atoms with Gasteiger partial charge in [-0.2, -0.15) is 0 Å². The third kappa shape index (κ3) is 6.30. The molecule has 0 atom stereocenters. The zero-order valence-corrected chi connectivity index (χ0v) is 20.7. The maximum Gasteiger partial charge on any atom is 0.264 e. The molecule has 3 aromatic rings. The fraction of sp³-hybridized carbons (Fsp3) is 0.200. The van der Waals surface area contributed by atoms with Crippen molar-refractivity contribution in [2.45, 2.75) is 18.7 Å². The first-order valence-electron chi connectivity index (χ1n) is 10.6. The molecule has 0 radical (unpaired) electrons. The summed E-state index contributed by atoms with van der Waals surface area (Å²) >= 11 is 0.